The molecule has 0 bridgehead atoms. The molecule has 26 heavy (non-hydrogen) atoms. The summed E-state index contributed by atoms with van der Waals surface area (Å²) in [6.45, 7) is 1.88. The zero-order valence-corrected chi connectivity index (χ0v) is 16.6. The molecular formula is C17H22N4O3S2. The molecule has 2 aromatic rings. The second-order valence-electron chi connectivity index (χ2n) is 6.36. The summed E-state index contributed by atoms with van der Waals surface area (Å²) in [5, 5.41) is 10.6. The van der Waals surface area contributed by atoms with E-state index in [1.54, 1.807) is 17.0 Å². The predicted octanol–water partition coefficient (Wildman–Crippen LogP) is 3.34. The first-order valence-electron chi connectivity index (χ1n) is 8.43. The van der Waals surface area contributed by atoms with Crippen molar-refractivity contribution in [2.75, 3.05) is 18.3 Å². The van der Waals surface area contributed by atoms with Crippen LogP contribution in [-0.2, 0) is 4.18 Å². The summed E-state index contributed by atoms with van der Waals surface area (Å²) in [7, 11) is -2.16. The molecule has 2 heterocycles. The number of rotatable bonds is 5. The predicted molar refractivity (Wildman–Crippen MR) is 105 cm³/mol. The van der Waals surface area contributed by atoms with E-state index in [0.717, 1.165) is 19.3 Å². The molecule has 9 heteroatoms. The summed E-state index contributed by atoms with van der Waals surface area (Å²) in [6.07, 6.45) is 7.34. The van der Waals surface area contributed by atoms with Crippen LogP contribution in [0.25, 0.3) is 11.0 Å². The zero-order valence-electron chi connectivity index (χ0n) is 15.0. The molecule has 2 aromatic heterocycles. The highest BCUT2D eigenvalue weighted by Gasteiger charge is 2.35. The molecule has 1 saturated carbocycles. The molecule has 0 aromatic carbocycles. The topological polar surface area (TPSA) is 101 Å². The van der Waals surface area contributed by atoms with Gasteiger partial charge in [-0.1, -0.05) is 11.8 Å². The Balaban J connectivity index is 2.17. The average molecular weight is 395 g/mol. The molecule has 3 atom stereocenters. The summed E-state index contributed by atoms with van der Waals surface area (Å²) in [5.74, 6) is 0.531. The minimum Gasteiger partial charge on any atom is -0.299 e. The van der Waals surface area contributed by atoms with Crippen molar-refractivity contribution in [3.05, 3.63) is 28.2 Å². The Morgan fingerprint density at radius 1 is 1.54 bits per heavy atom. The lowest BCUT2D eigenvalue weighted by Gasteiger charge is -2.37. The van der Waals surface area contributed by atoms with Gasteiger partial charge in [0.15, 0.2) is 5.16 Å². The van der Waals surface area contributed by atoms with E-state index in [2.05, 4.69) is 9.97 Å². The normalized spacial score (nSPS) is 23.5. The molecule has 0 amide bonds. The van der Waals surface area contributed by atoms with E-state index in [-0.39, 0.29) is 23.3 Å². The smallest absolute Gasteiger partial charge is 0.270 e. The second kappa shape index (κ2) is 7.56. The fourth-order valence-corrected chi connectivity index (χ4v) is 4.47. The SMILES string of the molecule is CCS(C)(O)OC1CCCC1n1c(=O)c(C#N)cc2cnc(SC)nc21. The third-order valence-corrected chi connectivity index (χ3v) is 6.96. The van der Waals surface area contributed by atoms with E-state index >= 15 is 0 Å². The van der Waals surface area contributed by atoms with Gasteiger partial charge in [-0.2, -0.15) is 15.9 Å². The van der Waals surface area contributed by atoms with Gasteiger partial charge in [0.25, 0.3) is 5.56 Å². The maximum Gasteiger partial charge on any atom is 0.270 e. The maximum absolute atomic E-state index is 12.9. The van der Waals surface area contributed by atoms with E-state index in [1.165, 1.54) is 17.8 Å². The summed E-state index contributed by atoms with van der Waals surface area (Å²) < 4.78 is 18.0. The summed E-state index contributed by atoms with van der Waals surface area (Å²) in [4.78, 5) is 21.7. The van der Waals surface area contributed by atoms with Crippen molar-refractivity contribution in [2.24, 2.45) is 0 Å². The number of nitrogens with zero attached hydrogens (tertiary/aromatic N) is 4. The van der Waals surface area contributed by atoms with Crippen molar-refractivity contribution in [3.63, 3.8) is 0 Å². The van der Waals surface area contributed by atoms with E-state index in [9.17, 15) is 14.6 Å². The Hall–Kier alpha value is -1.60. The molecule has 3 unspecified atom stereocenters. The van der Waals surface area contributed by atoms with E-state index in [0.29, 0.717) is 21.9 Å². The van der Waals surface area contributed by atoms with Crippen LogP contribution >= 0.6 is 22.4 Å². The number of fused-ring (bicyclic) bond motifs is 1. The molecule has 0 aliphatic heterocycles. The van der Waals surface area contributed by atoms with Gasteiger partial charge in [0.1, 0.15) is 23.4 Å². The lowest BCUT2D eigenvalue weighted by atomic mass is 10.1. The highest BCUT2D eigenvalue weighted by molar-refractivity contribution is 8.24. The van der Waals surface area contributed by atoms with Crippen molar-refractivity contribution >= 4 is 33.4 Å². The van der Waals surface area contributed by atoms with Crippen LogP contribution < -0.4 is 5.56 Å². The van der Waals surface area contributed by atoms with Gasteiger partial charge in [-0.3, -0.25) is 18.1 Å². The average Bonchev–Trinajstić information content (AvgIpc) is 3.07. The van der Waals surface area contributed by atoms with Gasteiger partial charge >= 0.3 is 0 Å². The summed E-state index contributed by atoms with van der Waals surface area (Å²) in [5.41, 5.74) is 0.218. The Morgan fingerprint density at radius 3 is 2.96 bits per heavy atom. The van der Waals surface area contributed by atoms with Crippen LogP contribution in [0.1, 0.15) is 37.8 Å². The standard InChI is InChI=1S/C17H22N4O3S2/c1-4-26(3,23)24-14-7-5-6-13(14)21-15-12(8-11(9-18)16(21)22)10-19-17(20-15)25-2/h8,10,13-14,23H,4-7H2,1-3H3. The molecule has 1 aliphatic rings. The number of pyridine rings is 1. The fourth-order valence-electron chi connectivity index (χ4n) is 3.24. The van der Waals surface area contributed by atoms with Gasteiger partial charge in [0, 0.05) is 23.6 Å². The van der Waals surface area contributed by atoms with Gasteiger partial charge in [0.05, 0.1) is 6.04 Å². The second-order valence-corrected chi connectivity index (χ2v) is 9.82. The highest BCUT2D eigenvalue weighted by Crippen LogP contribution is 2.47. The molecule has 3 rings (SSSR count). The maximum atomic E-state index is 12.9. The first-order chi connectivity index (χ1) is 12.4. The van der Waals surface area contributed by atoms with Crippen LogP contribution in [0.2, 0.25) is 0 Å². The molecule has 140 valence electrons. The molecule has 0 saturated heterocycles. The van der Waals surface area contributed by atoms with Crippen molar-refractivity contribution in [3.8, 4) is 6.07 Å². The van der Waals surface area contributed by atoms with Gasteiger partial charge in [-0.15, -0.1) is 0 Å². The number of thioether (sulfide) groups is 1. The zero-order chi connectivity index (χ0) is 18.9. The molecule has 1 N–H and O–H groups in total. The Bertz CT molecular complexity index is 923. The van der Waals surface area contributed by atoms with E-state index < -0.39 is 10.6 Å². The van der Waals surface area contributed by atoms with Gasteiger partial charge in [-0.25, -0.2) is 9.97 Å². The lowest BCUT2D eigenvalue weighted by Crippen LogP contribution is -2.33. The monoisotopic (exact) mass is 394 g/mol. The van der Waals surface area contributed by atoms with Crippen molar-refractivity contribution in [1.82, 2.24) is 14.5 Å². The Morgan fingerprint density at radius 2 is 2.31 bits per heavy atom. The molecule has 7 nitrogen and oxygen atoms in total. The van der Waals surface area contributed by atoms with E-state index in [4.69, 9.17) is 4.18 Å². The van der Waals surface area contributed by atoms with Crippen LogP contribution in [-0.4, -0.2) is 43.5 Å². The van der Waals surface area contributed by atoms with Gasteiger partial charge in [0.2, 0.25) is 0 Å². The van der Waals surface area contributed by atoms with Crippen LogP contribution in [0.3, 0.4) is 0 Å². The summed E-state index contributed by atoms with van der Waals surface area (Å²) >= 11 is 1.40. The third kappa shape index (κ3) is 3.60. The van der Waals surface area contributed by atoms with Crippen LogP contribution in [0.15, 0.2) is 22.2 Å². The first-order valence-corrected chi connectivity index (χ1v) is 11.7. The van der Waals surface area contributed by atoms with Crippen molar-refractivity contribution in [1.29, 1.82) is 5.26 Å². The number of hydrogen-bond donors (Lipinski definition) is 1. The minimum absolute atomic E-state index is 0.0678. The highest BCUT2D eigenvalue weighted by atomic mass is 32.3. The molecule has 1 fully saturated rings. The van der Waals surface area contributed by atoms with Crippen LogP contribution in [0.4, 0.5) is 0 Å². The Kier molecular flexibility index (Phi) is 5.58. The number of aromatic nitrogens is 3. The molecular weight excluding hydrogens is 372 g/mol. The van der Waals surface area contributed by atoms with E-state index in [1.807, 2.05) is 19.2 Å². The third-order valence-electron chi connectivity index (χ3n) is 4.67. The van der Waals surface area contributed by atoms with Crippen LogP contribution in [0.5, 0.6) is 0 Å². The minimum atomic E-state index is -2.16. The van der Waals surface area contributed by atoms with Crippen molar-refractivity contribution in [2.45, 2.75) is 43.5 Å². The van der Waals surface area contributed by atoms with Gasteiger partial charge < -0.3 is 0 Å². The lowest BCUT2D eigenvalue weighted by molar-refractivity contribution is 0.168. The number of hydrogen-bond acceptors (Lipinski definition) is 7. The Labute approximate surface area is 158 Å². The van der Waals surface area contributed by atoms with Crippen LogP contribution in [0, 0.1) is 11.3 Å². The number of nitriles is 1. The fraction of sp³-hybridized carbons (Fsp3) is 0.529. The first kappa shape index (κ1) is 19.2. The quantitative estimate of drug-likeness (QED) is 0.613. The molecule has 1 aliphatic carbocycles. The largest absolute Gasteiger partial charge is 0.299 e. The molecule has 0 radical (unpaired) electrons. The molecule has 0 spiro atoms. The van der Waals surface area contributed by atoms with Gasteiger partial charge in [-0.05, 0) is 38.5 Å². The summed E-state index contributed by atoms with van der Waals surface area (Å²) in [6, 6.07) is 3.26. The van der Waals surface area contributed by atoms with Crippen molar-refractivity contribution < 1.29 is 8.74 Å².